The molecule has 0 radical (unpaired) electrons. The van der Waals surface area contributed by atoms with Crippen molar-refractivity contribution in [3.8, 4) is 11.4 Å². The largest absolute Gasteiger partial charge is 0.422 e. The lowest BCUT2D eigenvalue weighted by Gasteiger charge is -2.19. The molecular formula is C17H17N5O3. The summed E-state index contributed by atoms with van der Waals surface area (Å²) in [5.41, 5.74) is 5.62. The Kier molecular flexibility index (Phi) is 4.28. The van der Waals surface area contributed by atoms with Gasteiger partial charge in [-0.3, -0.25) is 4.79 Å². The molecule has 25 heavy (non-hydrogen) atoms. The van der Waals surface area contributed by atoms with Gasteiger partial charge in [0.2, 0.25) is 11.8 Å². The van der Waals surface area contributed by atoms with Gasteiger partial charge in [0.15, 0.2) is 5.82 Å². The Morgan fingerprint density at radius 1 is 1.32 bits per heavy atom. The molecule has 3 N–H and O–H groups in total. The molecule has 8 heteroatoms. The molecule has 2 heterocycles. The number of benzene rings is 1. The van der Waals surface area contributed by atoms with E-state index in [9.17, 15) is 9.90 Å². The van der Waals surface area contributed by atoms with Gasteiger partial charge in [-0.1, -0.05) is 18.2 Å². The van der Waals surface area contributed by atoms with E-state index in [-0.39, 0.29) is 18.0 Å². The topological polar surface area (TPSA) is 128 Å². The summed E-state index contributed by atoms with van der Waals surface area (Å²) in [6.45, 7) is 3.27. The van der Waals surface area contributed by atoms with Crippen LogP contribution in [0, 0.1) is 6.92 Å². The van der Waals surface area contributed by atoms with E-state index in [0.717, 1.165) is 5.56 Å². The number of hydrogen-bond donors (Lipinski definition) is 2. The lowest BCUT2D eigenvalue weighted by atomic mass is 9.95. The molecule has 0 saturated heterocycles. The van der Waals surface area contributed by atoms with Crippen molar-refractivity contribution in [2.75, 3.05) is 0 Å². The minimum Gasteiger partial charge on any atom is -0.422 e. The van der Waals surface area contributed by atoms with E-state index in [0.29, 0.717) is 17.3 Å². The average Bonchev–Trinajstić information content (AvgIpc) is 3.02. The van der Waals surface area contributed by atoms with Crippen molar-refractivity contribution in [2.45, 2.75) is 25.9 Å². The molecule has 0 aliphatic rings. The summed E-state index contributed by atoms with van der Waals surface area (Å²) in [5.74, 6) is 0.309. The van der Waals surface area contributed by atoms with Gasteiger partial charge in [0.1, 0.15) is 11.3 Å². The summed E-state index contributed by atoms with van der Waals surface area (Å²) in [6.07, 6.45) is 1.74. The molecule has 3 rings (SSSR count). The molecular weight excluding hydrogens is 322 g/mol. The highest BCUT2D eigenvalue weighted by molar-refractivity contribution is 5.91. The lowest BCUT2D eigenvalue weighted by molar-refractivity contribution is 0.0280. The third-order valence-corrected chi connectivity index (χ3v) is 3.63. The highest BCUT2D eigenvalue weighted by Crippen LogP contribution is 2.26. The molecule has 128 valence electrons. The molecule has 0 bridgehead atoms. The molecule has 1 aromatic carbocycles. The van der Waals surface area contributed by atoms with E-state index in [1.807, 2.05) is 24.3 Å². The highest BCUT2D eigenvalue weighted by Gasteiger charge is 2.30. The van der Waals surface area contributed by atoms with Gasteiger partial charge in [0.25, 0.3) is 5.91 Å². The summed E-state index contributed by atoms with van der Waals surface area (Å²) in [7, 11) is 0. The number of primary amides is 1. The number of amides is 1. The lowest BCUT2D eigenvalue weighted by Crippen LogP contribution is -2.24. The van der Waals surface area contributed by atoms with Crippen molar-refractivity contribution in [1.29, 1.82) is 0 Å². The fourth-order valence-corrected chi connectivity index (χ4v) is 2.44. The van der Waals surface area contributed by atoms with Crippen molar-refractivity contribution in [1.82, 2.24) is 20.2 Å². The maximum atomic E-state index is 11.3. The number of carbonyl (C=O) groups is 1. The Hall–Kier alpha value is -3.13. The maximum absolute atomic E-state index is 11.3. The molecule has 2 aromatic heterocycles. The maximum Gasteiger partial charge on any atom is 0.267 e. The first-order valence-electron chi connectivity index (χ1n) is 7.60. The zero-order valence-corrected chi connectivity index (χ0v) is 13.8. The Morgan fingerprint density at radius 3 is 2.80 bits per heavy atom. The van der Waals surface area contributed by atoms with Gasteiger partial charge in [-0.25, -0.2) is 9.97 Å². The predicted molar refractivity (Wildman–Crippen MR) is 88.3 cm³/mol. The number of aliphatic hydroxyl groups is 1. The number of hydrogen-bond acceptors (Lipinski definition) is 7. The number of nitrogens with zero attached hydrogens (tertiary/aromatic N) is 4. The van der Waals surface area contributed by atoms with Crippen molar-refractivity contribution >= 4 is 5.91 Å². The van der Waals surface area contributed by atoms with Gasteiger partial charge < -0.3 is 15.3 Å². The number of aryl methyl sites for hydroxylation is 1. The van der Waals surface area contributed by atoms with Gasteiger partial charge in [-0.2, -0.15) is 0 Å². The molecule has 0 aliphatic heterocycles. The quantitative estimate of drug-likeness (QED) is 0.718. The van der Waals surface area contributed by atoms with E-state index < -0.39 is 11.5 Å². The first-order valence-corrected chi connectivity index (χ1v) is 7.60. The second-order valence-corrected chi connectivity index (χ2v) is 5.91. The van der Waals surface area contributed by atoms with E-state index in [1.165, 1.54) is 12.3 Å². The van der Waals surface area contributed by atoms with Crippen molar-refractivity contribution in [3.63, 3.8) is 0 Å². The van der Waals surface area contributed by atoms with Crippen molar-refractivity contribution < 1.29 is 14.3 Å². The zero-order chi connectivity index (χ0) is 18.0. The SMILES string of the molecule is Cc1nnc([C@](C)(O)Cc2cccc(-c3nccc(C(N)=O)n3)c2)o1. The van der Waals surface area contributed by atoms with Gasteiger partial charge in [0.05, 0.1) is 0 Å². The van der Waals surface area contributed by atoms with Crippen LogP contribution >= 0.6 is 0 Å². The van der Waals surface area contributed by atoms with Crippen LogP contribution in [0.5, 0.6) is 0 Å². The molecule has 0 unspecified atom stereocenters. The second kappa shape index (κ2) is 6.40. The van der Waals surface area contributed by atoms with Crippen LogP contribution in [-0.2, 0) is 12.0 Å². The summed E-state index contributed by atoms with van der Waals surface area (Å²) in [5, 5.41) is 18.3. The molecule has 0 aliphatic carbocycles. The van der Waals surface area contributed by atoms with Crippen LogP contribution in [0.3, 0.4) is 0 Å². The van der Waals surface area contributed by atoms with Crippen LogP contribution < -0.4 is 5.73 Å². The predicted octanol–water partition coefficient (Wildman–Crippen LogP) is 1.38. The van der Waals surface area contributed by atoms with Crippen molar-refractivity contribution in [2.24, 2.45) is 5.73 Å². The Balaban J connectivity index is 1.89. The average molecular weight is 339 g/mol. The summed E-state index contributed by atoms with van der Waals surface area (Å²) < 4.78 is 5.33. The Labute approximate surface area is 143 Å². The van der Waals surface area contributed by atoms with Crippen LogP contribution in [0.15, 0.2) is 40.9 Å². The van der Waals surface area contributed by atoms with E-state index >= 15 is 0 Å². The van der Waals surface area contributed by atoms with Crippen LogP contribution in [0.2, 0.25) is 0 Å². The molecule has 0 spiro atoms. The normalized spacial score (nSPS) is 13.4. The van der Waals surface area contributed by atoms with E-state index in [2.05, 4.69) is 20.2 Å². The highest BCUT2D eigenvalue weighted by atomic mass is 16.4. The monoisotopic (exact) mass is 339 g/mol. The van der Waals surface area contributed by atoms with E-state index in [1.54, 1.807) is 13.8 Å². The third-order valence-electron chi connectivity index (χ3n) is 3.63. The zero-order valence-electron chi connectivity index (χ0n) is 13.8. The van der Waals surface area contributed by atoms with Crippen LogP contribution in [0.1, 0.15) is 34.8 Å². The Bertz CT molecular complexity index is 920. The fourth-order valence-electron chi connectivity index (χ4n) is 2.44. The molecule has 0 fully saturated rings. The number of rotatable bonds is 5. The second-order valence-electron chi connectivity index (χ2n) is 5.91. The molecule has 8 nitrogen and oxygen atoms in total. The first kappa shape index (κ1) is 16.7. The molecule has 1 atom stereocenters. The summed E-state index contributed by atoms with van der Waals surface area (Å²) in [6, 6.07) is 8.78. The van der Waals surface area contributed by atoms with Crippen LogP contribution in [-0.4, -0.2) is 31.2 Å². The van der Waals surface area contributed by atoms with Crippen LogP contribution in [0.25, 0.3) is 11.4 Å². The number of nitrogens with two attached hydrogens (primary N) is 1. The number of carbonyl (C=O) groups excluding carboxylic acids is 1. The number of aromatic nitrogens is 4. The van der Waals surface area contributed by atoms with Crippen LogP contribution in [0.4, 0.5) is 0 Å². The Morgan fingerprint density at radius 2 is 2.12 bits per heavy atom. The minimum atomic E-state index is -1.31. The van der Waals surface area contributed by atoms with E-state index in [4.69, 9.17) is 10.2 Å². The smallest absolute Gasteiger partial charge is 0.267 e. The first-order chi connectivity index (χ1) is 11.8. The van der Waals surface area contributed by atoms with Gasteiger partial charge in [-0.05, 0) is 24.6 Å². The van der Waals surface area contributed by atoms with Gasteiger partial charge >= 0.3 is 0 Å². The van der Waals surface area contributed by atoms with Gasteiger partial charge in [-0.15, -0.1) is 10.2 Å². The molecule has 0 saturated carbocycles. The van der Waals surface area contributed by atoms with Gasteiger partial charge in [0, 0.05) is 25.1 Å². The third kappa shape index (κ3) is 3.69. The molecule has 3 aromatic rings. The summed E-state index contributed by atoms with van der Waals surface area (Å²) in [4.78, 5) is 19.6. The minimum absolute atomic E-state index is 0.142. The molecule has 1 amide bonds. The fraction of sp³-hybridized carbons (Fsp3) is 0.235. The van der Waals surface area contributed by atoms with Crippen molar-refractivity contribution in [3.05, 3.63) is 59.6 Å². The summed E-state index contributed by atoms with van der Waals surface area (Å²) >= 11 is 0. The standard InChI is InChI=1S/C17H17N5O3/c1-10-21-22-16(25-10)17(2,24)9-11-4-3-5-12(8-11)15-19-7-6-13(20-15)14(18)23/h3-8,24H,9H2,1-2H3,(H2,18,23)/t17-/m1/s1.